The summed E-state index contributed by atoms with van der Waals surface area (Å²) in [5, 5.41) is 4.54. The number of aromatic amines is 1. The lowest BCUT2D eigenvalue weighted by atomic mass is 9.96. The first-order chi connectivity index (χ1) is 16.7. The topological polar surface area (TPSA) is 118 Å². The molecule has 3 aromatic heterocycles. The minimum absolute atomic E-state index is 0.0741. The molecule has 6 rings (SSSR count). The summed E-state index contributed by atoms with van der Waals surface area (Å²) in [4.78, 5) is 23.8. The highest BCUT2D eigenvalue weighted by Gasteiger charge is 2.54. The SMILES string of the molecule is CNc1cc(F)cc2c1[nH]c1nc(Oc3cnc(C(C)(C)C)nc3)nc(N3C[C@H](N)C4(CC4)C3)c12. The van der Waals surface area contributed by atoms with Crippen molar-refractivity contribution < 1.29 is 9.13 Å². The number of ether oxygens (including phenoxy) is 1. The second-order valence-electron chi connectivity index (χ2n) is 10.7. The van der Waals surface area contributed by atoms with Gasteiger partial charge in [-0.1, -0.05) is 20.8 Å². The van der Waals surface area contributed by atoms with Crippen LogP contribution >= 0.6 is 0 Å². The van der Waals surface area contributed by atoms with Crippen molar-refractivity contribution in [1.82, 2.24) is 24.9 Å². The molecule has 10 heteroatoms. The lowest BCUT2D eigenvalue weighted by molar-refractivity contribution is 0.435. The number of benzene rings is 1. The van der Waals surface area contributed by atoms with Crippen molar-refractivity contribution >= 4 is 33.4 Å². The Balaban J connectivity index is 1.48. The van der Waals surface area contributed by atoms with Gasteiger partial charge in [0.15, 0.2) is 5.75 Å². The Morgan fingerprint density at radius 1 is 1.20 bits per heavy atom. The normalized spacial score (nSPS) is 19.1. The Kier molecular flexibility index (Phi) is 4.70. The summed E-state index contributed by atoms with van der Waals surface area (Å²) < 4.78 is 20.5. The lowest BCUT2D eigenvalue weighted by Crippen LogP contribution is -2.30. The predicted molar refractivity (Wildman–Crippen MR) is 134 cm³/mol. The van der Waals surface area contributed by atoms with Crippen molar-refractivity contribution in [3.05, 3.63) is 36.2 Å². The summed E-state index contributed by atoms with van der Waals surface area (Å²) in [6.07, 6.45) is 5.50. The number of fused-ring (bicyclic) bond motifs is 3. The molecule has 2 aliphatic rings. The van der Waals surface area contributed by atoms with Crippen LogP contribution in [0.4, 0.5) is 15.9 Å². The monoisotopic (exact) mass is 476 g/mol. The molecule has 9 nitrogen and oxygen atoms in total. The van der Waals surface area contributed by atoms with Crippen molar-refractivity contribution in [2.45, 2.75) is 45.1 Å². The number of nitrogens with two attached hydrogens (primary N) is 1. The van der Waals surface area contributed by atoms with Crippen LogP contribution in [0.5, 0.6) is 11.8 Å². The van der Waals surface area contributed by atoms with Gasteiger partial charge >= 0.3 is 6.01 Å². The molecule has 4 aromatic rings. The fourth-order valence-electron chi connectivity index (χ4n) is 5.00. The predicted octanol–water partition coefficient (Wildman–Crippen LogP) is 4.10. The molecule has 1 aliphatic carbocycles. The zero-order valence-corrected chi connectivity index (χ0v) is 20.3. The van der Waals surface area contributed by atoms with E-state index in [-0.39, 0.29) is 28.7 Å². The number of hydrogen-bond donors (Lipinski definition) is 3. The minimum Gasteiger partial charge on any atom is -0.421 e. The summed E-state index contributed by atoms with van der Waals surface area (Å²) in [7, 11) is 1.76. The molecule has 0 amide bonds. The lowest BCUT2D eigenvalue weighted by Gasteiger charge is -2.19. The van der Waals surface area contributed by atoms with Gasteiger partial charge in [0.05, 0.1) is 29.0 Å². The Morgan fingerprint density at radius 3 is 2.57 bits per heavy atom. The number of halogens is 1. The fourth-order valence-corrected chi connectivity index (χ4v) is 5.00. The molecular weight excluding hydrogens is 447 g/mol. The number of rotatable bonds is 4. The molecule has 1 saturated heterocycles. The van der Waals surface area contributed by atoms with Crippen LogP contribution in [0, 0.1) is 11.2 Å². The maximum Gasteiger partial charge on any atom is 0.326 e. The summed E-state index contributed by atoms with van der Waals surface area (Å²) in [5.74, 6) is 1.52. The second-order valence-corrected chi connectivity index (χ2v) is 10.7. The molecular formula is C25H29FN8O. The number of anilines is 2. The van der Waals surface area contributed by atoms with Crippen LogP contribution < -0.4 is 20.7 Å². The van der Waals surface area contributed by atoms with Crippen LogP contribution in [0.3, 0.4) is 0 Å². The third-order valence-corrected chi connectivity index (χ3v) is 7.16. The van der Waals surface area contributed by atoms with E-state index in [1.165, 1.54) is 12.1 Å². The standard InChI is InChI=1S/C25H29FN8O/c1-24(2,3)22-29-9-14(10-30-22)35-23-32-20-18(15-7-13(26)8-16(28-4)19(15)31-20)21(33-23)34-11-17(27)25(12-34)5-6-25/h7-10,17,28H,5-6,11-12,27H2,1-4H3,(H,31,32,33)/t17-/m0/s1. The average Bonchev–Trinajstić information content (AvgIpc) is 3.40. The van der Waals surface area contributed by atoms with E-state index in [9.17, 15) is 4.39 Å². The van der Waals surface area contributed by atoms with Gasteiger partial charge in [0, 0.05) is 42.4 Å². The van der Waals surface area contributed by atoms with Gasteiger partial charge in [-0.15, -0.1) is 0 Å². The van der Waals surface area contributed by atoms with E-state index < -0.39 is 0 Å². The highest BCUT2D eigenvalue weighted by atomic mass is 19.1. The van der Waals surface area contributed by atoms with Gasteiger partial charge in [-0.25, -0.2) is 14.4 Å². The van der Waals surface area contributed by atoms with Crippen LogP contribution in [-0.4, -0.2) is 51.1 Å². The van der Waals surface area contributed by atoms with Gasteiger partial charge < -0.3 is 25.7 Å². The van der Waals surface area contributed by atoms with Gasteiger partial charge in [-0.2, -0.15) is 9.97 Å². The van der Waals surface area contributed by atoms with Crippen LogP contribution in [0.15, 0.2) is 24.5 Å². The van der Waals surface area contributed by atoms with Crippen LogP contribution in [0.1, 0.15) is 39.4 Å². The molecule has 0 radical (unpaired) electrons. The summed E-state index contributed by atoms with van der Waals surface area (Å²) in [5.41, 5.74) is 8.46. The van der Waals surface area contributed by atoms with Gasteiger partial charge in [0.25, 0.3) is 0 Å². The first-order valence-corrected chi connectivity index (χ1v) is 11.9. The van der Waals surface area contributed by atoms with E-state index in [1.807, 2.05) is 0 Å². The molecule has 4 heterocycles. The van der Waals surface area contributed by atoms with E-state index in [0.29, 0.717) is 34.8 Å². The minimum atomic E-state index is -0.332. The number of hydrogen-bond acceptors (Lipinski definition) is 8. The maximum atomic E-state index is 14.5. The Labute approximate surface area is 202 Å². The number of nitrogens with zero attached hydrogens (tertiary/aromatic N) is 5. The van der Waals surface area contributed by atoms with E-state index >= 15 is 0 Å². The second kappa shape index (κ2) is 7.48. The largest absolute Gasteiger partial charge is 0.421 e. The fraction of sp³-hybridized carbons (Fsp3) is 0.440. The van der Waals surface area contributed by atoms with Crippen molar-refractivity contribution in [3.8, 4) is 11.8 Å². The average molecular weight is 477 g/mol. The van der Waals surface area contributed by atoms with Crippen molar-refractivity contribution in [1.29, 1.82) is 0 Å². The molecule has 0 unspecified atom stereocenters. The first kappa shape index (κ1) is 22.0. The molecule has 35 heavy (non-hydrogen) atoms. The first-order valence-electron chi connectivity index (χ1n) is 11.9. The van der Waals surface area contributed by atoms with E-state index in [1.54, 1.807) is 19.4 Å². The van der Waals surface area contributed by atoms with Crippen LogP contribution in [0.2, 0.25) is 0 Å². The molecule has 1 saturated carbocycles. The molecule has 4 N–H and O–H groups in total. The number of H-pyrrole nitrogens is 1. The Morgan fingerprint density at radius 2 is 1.94 bits per heavy atom. The molecule has 1 spiro atoms. The molecule has 182 valence electrons. The number of aromatic nitrogens is 5. The van der Waals surface area contributed by atoms with E-state index in [0.717, 1.165) is 36.1 Å². The smallest absolute Gasteiger partial charge is 0.326 e. The van der Waals surface area contributed by atoms with Gasteiger partial charge in [0.2, 0.25) is 0 Å². The molecule has 1 atom stereocenters. The zero-order chi connectivity index (χ0) is 24.5. The third kappa shape index (κ3) is 3.63. The highest BCUT2D eigenvalue weighted by molar-refractivity contribution is 6.14. The van der Waals surface area contributed by atoms with Crippen molar-refractivity contribution in [2.75, 3.05) is 30.4 Å². The van der Waals surface area contributed by atoms with E-state index in [4.69, 9.17) is 15.5 Å². The molecule has 2 fully saturated rings. The summed E-state index contributed by atoms with van der Waals surface area (Å²) >= 11 is 0. The van der Waals surface area contributed by atoms with Gasteiger partial charge in [-0.05, 0) is 25.0 Å². The molecule has 0 bridgehead atoms. The zero-order valence-electron chi connectivity index (χ0n) is 20.3. The maximum absolute atomic E-state index is 14.5. The number of nitrogens with one attached hydrogen (secondary N) is 2. The molecule has 1 aliphatic heterocycles. The Bertz CT molecular complexity index is 1440. The van der Waals surface area contributed by atoms with Crippen molar-refractivity contribution in [2.24, 2.45) is 11.1 Å². The molecule has 1 aromatic carbocycles. The van der Waals surface area contributed by atoms with Crippen LogP contribution in [-0.2, 0) is 5.41 Å². The highest BCUT2D eigenvalue weighted by Crippen LogP contribution is 2.53. The van der Waals surface area contributed by atoms with Crippen LogP contribution in [0.25, 0.3) is 21.9 Å². The van der Waals surface area contributed by atoms with Gasteiger partial charge in [-0.3, -0.25) is 0 Å². The third-order valence-electron chi connectivity index (χ3n) is 7.16. The quantitative estimate of drug-likeness (QED) is 0.403. The summed E-state index contributed by atoms with van der Waals surface area (Å²) in [6, 6.07) is 3.22. The van der Waals surface area contributed by atoms with Crippen molar-refractivity contribution in [3.63, 3.8) is 0 Å². The Hall–Kier alpha value is -3.53. The van der Waals surface area contributed by atoms with E-state index in [2.05, 4.69) is 50.9 Å². The summed E-state index contributed by atoms with van der Waals surface area (Å²) in [6.45, 7) is 7.65. The van der Waals surface area contributed by atoms with Gasteiger partial charge in [0.1, 0.15) is 23.1 Å².